The third kappa shape index (κ3) is 3.26. The summed E-state index contributed by atoms with van der Waals surface area (Å²) >= 11 is 0. The molecule has 1 aromatic heterocycles. The summed E-state index contributed by atoms with van der Waals surface area (Å²) in [6.45, 7) is 0.160. The Morgan fingerprint density at radius 1 is 1.42 bits per heavy atom. The van der Waals surface area contributed by atoms with Crippen molar-refractivity contribution in [1.29, 1.82) is 0 Å². The number of aryl methyl sites for hydroxylation is 1. The number of aliphatic hydroxyl groups excluding tert-OH is 1. The number of ether oxygens (including phenoxy) is 1. The molecule has 2 rings (SSSR count). The first kappa shape index (κ1) is 15.5. The summed E-state index contributed by atoms with van der Waals surface area (Å²) < 4.78 is 6.96. The van der Waals surface area contributed by atoms with Crippen LogP contribution in [0.1, 0.15) is 11.7 Å². The Balaban J connectivity index is 0.00000180. The molecule has 0 saturated carbocycles. The number of benzene rings is 1. The van der Waals surface area contributed by atoms with Crippen molar-refractivity contribution in [2.45, 2.75) is 6.10 Å². The lowest BCUT2D eigenvalue weighted by atomic mass is 10.0. The highest BCUT2D eigenvalue weighted by Crippen LogP contribution is 2.30. The van der Waals surface area contributed by atoms with Crippen molar-refractivity contribution in [2.75, 3.05) is 13.7 Å². The molecule has 0 fully saturated rings. The van der Waals surface area contributed by atoms with Gasteiger partial charge in [0.1, 0.15) is 5.75 Å². The zero-order valence-corrected chi connectivity index (χ0v) is 11.7. The number of nitrogens with two attached hydrogens (primary N) is 1. The number of rotatable bonds is 4. The summed E-state index contributed by atoms with van der Waals surface area (Å²) in [5.41, 5.74) is 8.16. The normalized spacial score (nSPS) is 11.8. The molecule has 104 valence electrons. The Hall–Kier alpha value is -1.56. The summed E-state index contributed by atoms with van der Waals surface area (Å²) in [5, 5.41) is 14.0. The van der Waals surface area contributed by atoms with Crippen LogP contribution >= 0.6 is 12.4 Å². The Morgan fingerprint density at radius 2 is 2.16 bits per heavy atom. The van der Waals surface area contributed by atoms with Crippen LogP contribution in [-0.2, 0) is 7.05 Å². The zero-order valence-electron chi connectivity index (χ0n) is 10.9. The quantitative estimate of drug-likeness (QED) is 0.892. The largest absolute Gasteiger partial charge is 0.496 e. The van der Waals surface area contributed by atoms with Crippen LogP contribution in [0.4, 0.5) is 0 Å². The highest BCUT2D eigenvalue weighted by molar-refractivity contribution is 5.85. The maximum atomic E-state index is 9.89. The molecule has 19 heavy (non-hydrogen) atoms. The van der Waals surface area contributed by atoms with Gasteiger partial charge in [0.2, 0.25) is 0 Å². The standard InChI is InChI=1S/C13H17N3O2.ClH/c1-16-8-10(7-15-16)9-3-4-13(18-2)11(5-9)12(17)6-14;/h3-5,7-8,12,17H,6,14H2,1-2H3;1H/t12-;/m0./s1. The molecular weight excluding hydrogens is 266 g/mol. The van der Waals surface area contributed by atoms with Crippen LogP contribution in [0.15, 0.2) is 30.6 Å². The molecule has 3 N–H and O–H groups in total. The second-order valence-electron chi connectivity index (χ2n) is 4.11. The Morgan fingerprint density at radius 3 is 2.68 bits per heavy atom. The summed E-state index contributed by atoms with van der Waals surface area (Å²) in [4.78, 5) is 0. The van der Waals surface area contributed by atoms with Crippen molar-refractivity contribution < 1.29 is 9.84 Å². The maximum Gasteiger partial charge on any atom is 0.124 e. The van der Waals surface area contributed by atoms with Crippen molar-refractivity contribution >= 4 is 12.4 Å². The molecule has 6 heteroatoms. The molecule has 1 atom stereocenters. The number of nitrogens with zero attached hydrogens (tertiary/aromatic N) is 2. The predicted molar refractivity (Wildman–Crippen MR) is 76.5 cm³/mol. The highest BCUT2D eigenvalue weighted by atomic mass is 35.5. The van der Waals surface area contributed by atoms with Crippen LogP contribution in [0.2, 0.25) is 0 Å². The number of methoxy groups -OCH3 is 1. The van der Waals surface area contributed by atoms with E-state index in [1.54, 1.807) is 18.0 Å². The van der Waals surface area contributed by atoms with Gasteiger partial charge in [-0.1, -0.05) is 6.07 Å². The van der Waals surface area contributed by atoms with Crippen molar-refractivity contribution in [3.63, 3.8) is 0 Å². The summed E-state index contributed by atoms with van der Waals surface area (Å²) in [5.74, 6) is 0.639. The third-order valence-electron chi connectivity index (χ3n) is 2.85. The Kier molecular flexibility index (Phi) is 5.35. The first-order valence-electron chi connectivity index (χ1n) is 5.70. The van der Waals surface area contributed by atoms with E-state index in [1.807, 2.05) is 31.4 Å². The number of halogens is 1. The lowest BCUT2D eigenvalue weighted by molar-refractivity contribution is 0.182. The first-order valence-corrected chi connectivity index (χ1v) is 5.70. The van der Waals surface area contributed by atoms with Crippen LogP contribution in [0.25, 0.3) is 11.1 Å². The van der Waals surface area contributed by atoms with Gasteiger partial charge in [-0.15, -0.1) is 12.4 Å². The molecule has 0 radical (unpaired) electrons. The smallest absolute Gasteiger partial charge is 0.124 e. The number of hydrogen-bond donors (Lipinski definition) is 2. The summed E-state index contributed by atoms with van der Waals surface area (Å²) in [6.07, 6.45) is 2.97. The number of hydrogen-bond acceptors (Lipinski definition) is 4. The number of aliphatic hydroxyl groups is 1. The molecule has 0 aliphatic heterocycles. The zero-order chi connectivity index (χ0) is 13.1. The fraction of sp³-hybridized carbons (Fsp3) is 0.308. The molecule has 0 bridgehead atoms. The lowest BCUT2D eigenvalue weighted by Gasteiger charge is -2.14. The van der Waals surface area contributed by atoms with Crippen LogP contribution in [0.3, 0.4) is 0 Å². The predicted octanol–water partition coefficient (Wildman–Crippen LogP) is 1.51. The summed E-state index contributed by atoms with van der Waals surface area (Å²) in [6, 6.07) is 5.65. The molecule has 0 amide bonds. The Bertz CT molecular complexity index is 542. The molecule has 5 nitrogen and oxygen atoms in total. The average molecular weight is 284 g/mol. The first-order chi connectivity index (χ1) is 8.65. The fourth-order valence-corrected chi connectivity index (χ4v) is 1.87. The second kappa shape index (κ2) is 6.56. The van der Waals surface area contributed by atoms with Crippen LogP contribution in [-0.4, -0.2) is 28.5 Å². The Labute approximate surface area is 118 Å². The van der Waals surface area contributed by atoms with E-state index < -0.39 is 6.10 Å². The highest BCUT2D eigenvalue weighted by Gasteiger charge is 2.13. The molecule has 0 saturated heterocycles. The van der Waals surface area contributed by atoms with Crippen molar-refractivity contribution in [2.24, 2.45) is 12.8 Å². The van der Waals surface area contributed by atoms with Crippen molar-refractivity contribution in [3.8, 4) is 16.9 Å². The molecule has 2 aromatic rings. The monoisotopic (exact) mass is 283 g/mol. The van der Waals surface area contributed by atoms with Gasteiger partial charge in [0.15, 0.2) is 0 Å². The SMILES string of the molecule is COc1ccc(-c2cnn(C)c2)cc1[C@@H](O)CN.Cl. The van der Waals surface area contributed by atoms with E-state index >= 15 is 0 Å². The van der Waals surface area contributed by atoms with Gasteiger partial charge < -0.3 is 15.6 Å². The van der Waals surface area contributed by atoms with Crippen molar-refractivity contribution in [1.82, 2.24) is 9.78 Å². The molecular formula is C13H18ClN3O2. The minimum atomic E-state index is -0.725. The van der Waals surface area contributed by atoms with E-state index in [0.29, 0.717) is 11.3 Å². The van der Waals surface area contributed by atoms with E-state index in [0.717, 1.165) is 11.1 Å². The molecule has 0 aliphatic carbocycles. The van der Waals surface area contributed by atoms with Gasteiger partial charge in [-0.3, -0.25) is 4.68 Å². The van der Waals surface area contributed by atoms with E-state index in [4.69, 9.17) is 10.5 Å². The summed E-state index contributed by atoms with van der Waals surface area (Å²) in [7, 11) is 3.44. The van der Waals surface area contributed by atoms with Gasteiger partial charge in [-0.2, -0.15) is 5.10 Å². The third-order valence-corrected chi connectivity index (χ3v) is 2.85. The maximum absolute atomic E-state index is 9.89. The van der Waals surface area contributed by atoms with E-state index in [9.17, 15) is 5.11 Å². The molecule has 0 spiro atoms. The van der Waals surface area contributed by atoms with Gasteiger partial charge in [-0.25, -0.2) is 0 Å². The van der Waals surface area contributed by atoms with Gasteiger partial charge >= 0.3 is 0 Å². The molecule has 0 unspecified atom stereocenters. The van der Waals surface area contributed by atoms with Crippen LogP contribution < -0.4 is 10.5 Å². The average Bonchev–Trinajstić information content (AvgIpc) is 2.83. The fourth-order valence-electron chi connectivity index (χ4n) is 1.87. The van der Waals surface area contributed by atoms with Gasteiger partial charge in [0, 0.05) is 30.9 Å². The second-order valence-corrected chi connectivity index (χ2v) is 4.11. The van der Waals surface area contributed by atoms with Crippen LogP contribution in [0.5, 0.6) is 5.75 Å². The molecule has 0 aliphatic rings. The molecule has 1 heterocycles. The van der Waals surface area contributed by atoms with E-state index in [2.05, 4.69) is 5.10 Å². The van der Waals surface area contributed by atoms with Crippen LogP contribution in [0, 0.1) is 0 Å². The molecule has 1 aromatic carbocycles. The van der Waals surface area contributed by atoms with Gasteiger partial charge in [-0.05, 0) is 17.7 Å². The topological polar surface area (TPSA) is 73.3 Å². The van der Waals surface area contributed by atoms with Gasteiger partial charge in [0.05, 0.1) is 19.4 Å². The van der Waals surface area contributed by atoms with Crippen molar-refractivity contribution in [3.05, 3.63) is 36.2 Å². The minimum absolute atomic E-state index is 0. The minimum Gasteiger partial charge on any atom is -0.496 e. The van der Waals surface area contributed by atoms with E-state index in [1.165, 1.54) is 0 Å². The van der Waals surface area contributed by atoms with E-state index in [-0.39, 0.29) is 19.0 Å². The number of aromatic nitrogens is 2. The lowest BCUT2D eigenvalue weighted by Crippen LogP contribution is -2.12. The van der Waals surface area contributed by atoms with Gasteiger partial charge in [0.25, 0.3) is 0 Å².